The number of aliphatic hydroxyl groups is 1. The van der Waals surface area contributed by atoms with E-state index in [4.69, 9.17) is 5.73 Å². The lowest BCUT2D eigenvalue weighted by Gasteiger charge is -2.14. The molecule has 1 amide bonds. The first-order valence-electron chi connectivity index (χ1n) is 6.70. The number of benzene rings is 2. The zero-order valence-electron chi connectivity index (χ0n) is 11.7. The maximum atomic E-state index is 13.5. The van der Waals surface area contributed by atoms with Gasteiger partial charge in [0.2, 0.25) is 5.91 Å². The maximum Gasteiger partial charge on any atom is 0.248 e. The number of carbonyl (C=O) groups excluding carboxylic acids is 1. The molecule has 1 atom stereocenters. The maximum absolute atomic E-state index is 13.5. The number of hydrogen-bond donors (Lipinski definition) is 3. The summed E-state index contributed by atoms with van der Waals surface area (Å²) >= 11 is 0. The fourth-order valence-electron chi connectivity index (χ4n) is 2.12. The summed E-state index contributed by atoms with van der Waals surface area (Å²) in [6.45, 7) is 0.299. The Morgan fingerprint density at radius 3 is 2.45 bits per heavy atom. The van der Waals surface area contributed by atoms with Gasteiger partial charge in [0.25, 0.3) is 0 Å². The average Bonchev–Trinajstić information content (AvgIpc) is 2.47. The molecule has 0 bridgehead atoms. The molecule has 4 N–H and O–H groups in total. The Balaban J connectivity index is 1.96. The predicted molar refractivity (Wildman–Crippen MR) is 78.0 cm³/mol. The molecule has 4 nitrogen and oxygen atoms in total. The molecule has 22 heavy (non-hydrogen) atoms. The van der Waals surface area contributed by atoms with Crippen LogP contribution in [0.2, 0.25) is 0 Å². The largest absolute Gasteiger partial charge is 0.387 e. The van der Waals surface area contributed by atoms with Crippen molar-refractivity contribution < 1.29 is 18.7 Å². The predicted octanol–water partition coefficient (Wildman–Crippen LogP) is 1.89. The Morgan fingerprint density at radius 1 is 1.18 bits per heavy atom. The van der Waals surface area contributed by atoms with Crippen molar-refractivity contribution in [3.8, 4) is 0 Å². The lowest BCUT2D eigenvalue weighted by Crippen LogP contribution is -2.22. The van der Waals surface area contributed by atoms with Crippen LogP contribution in [0.25, 0.3) is 0 Å². The molecular formula is C16H16F2N2O2. The highest BCUT2D eigenvalue weighted by molar-refractivity contribution is 5.92. The quantitative estimate of drug-likeness (QED) is 0.763. The molecule has 0 aliphatic carbocycles. The Kier molecular flexibility index (Phi) is 5.19. The highest BCUT2D eigenvalue weighted by Gasteiger charge is 2.17. The van der Waals surface area contributed by atoms with Gasteiger partial charge in [-0.1, -0.05) is 18.2 Å². The van der Waals surface area contributed by atoms with Gasteiger partial charge in [-0.3, -0.25) is 4.79 Å². The Bertz CT molecular complexity index is 657. The summed E-state index contributed by atoms with van der Waals surface area (Å²) in [4.78, 5) is 11.1. The molecule has 2 aromatic rings. The van der Waals surface area contributed by atoms with Crippen LogP contribution in [-0.4, -0.2) is 17.6 Å². The number of hydrogen-bond acceptors (Lipinski definition) is 3. The number of aliphatic hydroxyl groups excluding tert-OH is 1. The second kappa shape index (κ2) is 7.11. The van der Waals surface area contributed by atoms with Crippen molar-refractivity contribution in [3.05, 3.63) is 70.8 Å². The van der Waals surface area contributed by atoms with Gasteiger partial charge in [0.15, 0.2) is 0 Å². The van der Waals surface area contributed by atoms with Crippen molar-refractivity contribution in [2.45, 2.75) is 12.6 Å². The molecule has 1 unspecified atom stereocenters. The van der Waals surface area contributed by atoms with Crippen molar-refractivity contribution in [2.75, 3.05) is 6.54 Å². The third-order valence-corrected chi connectivity index (χ3v) is 3.21. The van der Waals surface area contributed by atoms with Crippen molar-refractivity contribution >= 4 is 5.91 Å². The van der Waals surface area contributed by atoms with Gasteiger partial charge in [-0.2, -0.15) is 0 Å². The molecule has 0 aromatic heterocycles. The van der Waals surface area contributed by atoms with Crippen LogP contribution in [0.5, 0.6) is 0 Å². The molecule has 6 heteroatoms. The Hall–Kier alpha value is -2.31. The number of amides is 1. The van der Waals surface area contributed by atoms with Crippen molar-refractivity contribution in [1.29, 1.82) is 0 Å². The topological polar surface area (TPSA) is 75.4 Å². The third-order valence-electron chi connectivity index (χ3n) is 3.21. The van der Waals surface area contributed by atoms with Gasteiger partial charge < -0.3 is 16.2 Å². The standard InChI is InChI=1S/C16H16F2N2O2/c17-12-5-2-6-13(18)15(12)14(21)9-20-8-10-3-1-4-11(7-10)16(19)22/h1-7,14,20-21H,8-9H2,(H2,19,22). The van der Waals surface area contributed by atoms with E-state index < -0.39 is 23.6 Å². The minimum atomic E-state index is -1.31. The van der Waals surface area contributed by atoms with Crippen molar-refractivity contribution in [1.82, 2.24) is 5.32 Å². The molecule has 0 spiro atoms. The minimum Gasteiger partial charge on any atom is -0.387 e. The van der Waals surface area contributed by atoms with E-state index in [0.29, 0.717) is 12.1 Å². The van der Waals surface area contributed by atoms with Gasteiger partial charge >= 0.3 is 0 Å². The zero-order valence-corrected chi connectivity index (χ0v) is 11.7. The molecular weight excluding hydrogens is 290 g/mol. The van der Waals surface area contributed by atoms with Gasteiger partial charge in [-0.15, -0.1) is 0 Å². The first kappa shape index (κ1) is 16.1. The van der Waals surface area contributed by atoms with Gasteiger partial charge in [0.05, 0.1) is 11.7 Å². The van der Waals surface area contributed by atoms with Crippen LogP contribution in [0.15, 0.2) is 42.5 Å². The van der Waals surface area contributed by atoms with Crippen LogP contribution in [0.4, 0.5) is 8.78 Å². The summed E-state index contributed by atoms with van der Waals surface area (Å²) in [5.41, 5.74) is 5.98. The Labute approximate surface area is 126 Å². The van der Waals surface area contributed by atoms with E-state index in [0.717, 1.165) is 17.7 Å². The lowest BCUT2D eigenvalue weighted by molar-refractivity contribution is 0.1000. The number of primary amides is 1. The summed E-state index contributed by atoms with van der Waals surface area (Å²) in [6, 6.07) is 10.1. The highest BCUT2D eigenvalue weighted by Crippen LogP contribution is 2.20. The van der Waals surface area contributed by atoms with Crippen LogP contribution >= 0.6 is 0 Å². The molecule has 2 rings (SSSR count). The number of carbonyl (C=O) groups is 1. The van der Waals surface area contributed by atoms with Crippen molar-refractivity contribution in [2.24, 2.45) is 5.73 Å². The van der Waals surface area contributed by atoms with E-state index in [1.165, 1.54) is 6.07 Å². The molecule has 2 aromatic carbocycles. The smallest absolute Gasteiger partial charge is 0.248 e. The number of halogens is 2. The first-order valence-corrected chi connectivity index (χ1v) is 6.70. The molecule has 0 aliphatic heterocycles. The van der Waals surface area contributed by atoms with Crippen LogP contribution in [0.3, 0.4) is 0 Å². The number of nitrogens with one attached hydrogen (secondary N) is 1. The molecule has 0 saturated carbocycles. The summed E-state index contributed by atoms with van der Waals surface area (Å²) in [7, 11) is 0. The monoisotopic (exact) mass is 306 g/mol. The molecule has 0 heterocycles. The molecule has 116 valence electrons. The van der Waals surface area contributed by atoms with E-state index in [9.17, 15) is 18.7 Å². The highest BCUT2D eigenvalue weighted by atomic mass is 19.1. The average molecular weight is 306 g/mol. The minimum absolute atomic E-state index is 0.0291. The van der Waals surface area contributed by atoms with E-state index in [1.54, 1.807) is 24.3 Å². The van der Waals surface area contributed by atoms with Crippen LogP contribution in [0, 0.1) is 11.6 Å². The zero-order chi connectivity index (χ0) is 16.1. The first-order chi connectivity index (χ1) is 10.5. The van der Waals surface area contributed by atoms with Gasteiger partial charge in [0.1, 0.15) is 11.6 Å². The molecule has 0 radical (unpaired) electrons. The van der Waals surface area contributed by atoms with Gasteiger partial charge in [-0.25, -0.2) is 8.78 Å². The van der Waals surface area contributed by atoms with Gasteiger partial charge in [0, 0.05) is 18.7 Å². The summed E-state index contributed by atoms with van der Waals surface area (Å²) < 4.78 is 27.0. The van der Waals surface area contributed by atoms with Crippen LogP contribution in [-0.2, 0) is 6.54 Å². The van der Waals surface area contributed by atoms with Crippen LogP contribution in [0.1, 0.15) is 27.6 Å². The van der Waals surface area contributed by atoms with E-state index in [-0.39, 0.29) is 12.1 Å². The second-order valence-electron chi connectivity index (χ2n) is 4.85. The van der Waals surface area contributed by atoms with E-state index in [1.807, 2.05) is 0 Å². The summed E-state index contributed by atoms with van der Waals surface area (Å²) in [5.74, 6) is -2.11. The molecule has 0 aliphatic rings. The van der Waals surface area contributed by atoms with E-state index in [2.05, 4.69) is 5.32 Å². The second-order valence-corrected chi connectivity index (χ2v) is 4.85. The van der Waals surface area contributed by atoms with Crippen LogP contribution < -0.4 is 11.1 Å². The van der Waals surface area contributed by atoms with E-state index >= 15 is 0 Å². The summed E-state index contributed by atoms with van der Waals surface area (Å²) in [5, 5.41) is 12.8. The lowest BCUT2D eigenvalue weighted by atomic mass is 10.1. The number of nitrogens with two attached hydrogens (primary N) is 1. The van der Waals surface area contributed by atoms with Gasteiger partial charge in [-0.05, 0) is 29.8 Å². The van der Waals surface area contributed by atoms with Crippen molar-refractivity contribution in [3.63, 3.8) is 0 Å². The fourth-order valence-corrected chi connectivity index (χ4v) is 2.12. The number of rotatable bonds is 6. The normalized spacial score (nSPS) is 12.1. The SMILES string of the molecule is NC(=O)c1cccc(CNCC(O)c2c(F)cccc2F)c1. The summed E-state index contributed by atoms with van der Waals surface area (Å²) in [6.07, 6.45) is -1.31. The molecule has 0 saturated heterocycles. The Morgan fingerprint density at radius 2 is 1.82 bits per heavy atom. The third kappa shape index (κ3) is 3.87. The fraction of sp³-hybridized carbons (Fsp3) is 0.188. The molecule has 0 fully saturated rings.